The number of aliphatic hydroxyl groups excluding tert-OH is 1. The summed E-state index contributed by atoms with van der Waals surface area (Å²) in [5.41, 5.74) is 0. The number of rotatable bonds is 12. The minimum absolute atomic E-state index is 0.153. The van der Waals surface area contributed by atoms with Crippen molar-refractivity contribution in [2.75, 3.05) is 47.1 Å². The van der Waals surface area contributed by atoms with Crippen molar-refractivity contribution in [3.8, 4) is 0 Å². The molecule has 19 heavy (non-hydrogen) atoms. The summed E-state index contributed by atoms with van der Waals surface area (Å²) >= 11 is 0. The maximum absolute atomic E-state index is 9.38. The van der Waals surface area contributed by atoms with Crippen LogP contribution < -0.4 is 5.32 Å². The fraction of sp³-hybridized carbons (Fsp3) is 1.00. The normalized spacial score (nSPS) is 15.2. The highest BCUT2D eigenvalue weighted by molar-refractivity contribution is 4.73. The number of hydrogen-bond donors (Lipinski definition) is 2. The van der Waals surface area contributed by atoms with E-state index in [2.05, 4.69) is 31.0 Å². The molecule has 0 aromatic rings. The molecule has 0 amide bonds. The lowest BCUT2D eigenvalue weighted by atomic mass is 10.1. The van der Waals surface area contributed by atoms with Gasteiger partial charge in [0.25, 0.3) is 0 Å². The van der Waals surface area contributed by atoms with Crippen LogP contribution in [0.25, 0.3) is 0 Å². The lowest BCUT2D eigenvalue weighted by molar-refractivity contribution is 0.0702. The van der Waals surface area contributed by atoms with E-state index in [0.29, 0.717) is 18.7 Å². The fourth-order valence-corrected chi connectivity index (χ4v) is 2.13. The first-order chi connectivity index (χ1) is 9.04. The summed E-state index contributed by atoms with van der Waals surface area (Å²) in [7, 11) is 3.44. The van der Waals surface area contributed by atoms with E-state index in [0.717, 1.165) is 26.1 Å². The maximum Gasteiger partial charge on any atom is 0.0615 e. The zero-order valence-corrected chi connectivity index (χ0v) is 13.2. The van der Waals surface area contributed by atoms with Gasteiger partial charge in [0.15, 0.2) is 0 Å². The van der Waals surface area contributed by atoms with Crippen LogP contribution in [0.15, 0.2) is 0 Å². The number of ether oxygens (including phenoxy) is 2. The zero-order chi connectivity index (χ0) is 14.7. The summed E-state index contributed by atoms with van der Waals surface area (Å²) < 4.78 is 10.4. The Labute approximate surface area is 118 Å². The van der Waals surface area contributed by atoms with Crippen LogP contribution in [-0.2, 0) is 9.47 Å². The summed E-state index contributed by atoms with van der Waals surface area (Å²) in [6, 6.07) is 0.902. The maximum atomic E-state index is 9.38. The summed E-state index contributed by atoms with van der Waals surface area (Å²) in [4.78, 5) is 2.34. The fourth-order valence-electron chi connectivity index (χ4n) is 2.13. The van der Waals surface area contributed by atoms with Gasteiger partial charge >= 0.3 is 0 Å². The number of nitrogens with zero attached hydrogens (tertiary/aromatic N) is 1. The first-order valence-electron chi connectivity index (χ1n) is 7.13. The van der Waals surface area contributed by atoms with Crippen LogP contribution in [0.3, 0.4) is 0 Å². The number of aliphatic hydroxyl groups is 1. The van der Waals surface area contributed by atoms with Crippen LogP contribution in [0.1, 0.15) is 27.2 Å². The van der Waals surface area contributed by atoms with Crippen molar-refractivity contribution in [3.05, 3.63) is 0 Å². The molecule has 5 nitrogen and oxygen atoms in total. The topological polar surface area (TPSA) is 54.0 Å². The van der Waals surface area contributed by atoms with Gasteiger partial charge in [-0.05, 0) is 13.3 Å². The van der Waals surface area contributed by atoms with Crippen LogP contribution in [-0.4, -0.2) is 75.3 Å². The molecule has 0 rings (SSSR count). The third-order valence-corrected chi connectivity index (χ3v) is 3.17. The summed E-state index contributed by atoms with van der Waals surface area (Å²) in [6.07, 6.45) is 0.923. The molecule has 2 unspecified atom stereocenters. The molecule has 2 atom stereocenters. The molecule has 0 spiro atoms. The average Bonchev–Trinajstić information content (AvgIpc) is 2.37. The van der Waals surface area contributed by atoms with Gasteiger partial charge in [0, 0.05) is 45.4 Å². The molecule has 5 heteroatoms. The molecule has 116 valence electrons. The third-order valence-electron chi connectivity index (χ3n) is 3.17. The minimum atomic E-state index is 0.153. The molecule has 0 saturated heterocycles. The molecular weight excluding hydrogens is 244 g/mol. The van der Waals surface area contributed by atoms with Gasteiger partial charge < -0.3 is 19.9 Å². The Hall–Kier alpha value is -0.200. The van der Waals surface area contributed by atoms with E-state index in [1.165, 1.54) is 0 Å². The molecule has 0 fully saturated rings. The minimum Gasteiger partial charge on any atom is -0.395 e. The number of nitrogens with one attached hydrogen (secondary N) is 1. The molecule has 0 aliphatic carbocycles. The molecule has 0 aromatic carbocycles. The second kappa shape index (κ2) is 11.6. The molecule has 2 N–H and O–H groups in total. The van der Waals surface area contributed by atoms with Gasteiger partial charge in [0.1, 0.15) is 0 Å². The Morgan fingerprint density at radius 3 is 2.26 bits per heavy atom. The summed E-state index contributed by atoms with van der Waals surface area (Å²) in [5, 5.41) is 12.7. The van der Waals surface area contributed by atoms with E-state index in [-0.39, 0.29) is 12.6 Å². The van der Waals surface area contributed by atoms with Gasteiger partial charge in [0.2, 0.25) is 0 Å². The molecule has 0 bridgehead atoms. The first-order valence-corrected chi connectivity index (χ1v) is 7.13. The lowest BCUT2D eigenvalue weighted by Crippen LogP contribution is -2.44. The largest absolute Gasteiger partial charge is 0.395 e. The SMILES string of the molecule is COCCN(CCC(CO)NC(C)C)C(C)COC. The Morgan fingerprint density at radius 2 is 1.79 bits per heavy atom. The van der Waals surface area contributed by atoms with Gasteiger partial charge in [-0.25, -0.2) is 0 Å². The first kappa shape index (κ1) is 18.8. The van der Waals surface area contributed by atoms with Crippen molar-refractivity contribution in [2.24, 2.45) is 0 Å². The van der Waals surface area contributed by atoms with Gasteiger partial charge in [0.05, 0.1) is 19.8 Å². The van der Waals surface area contributed by atoms with Gasteiger partial charge in [-0.15, -0.1) is 0 Å². The number of methoxy groups -OCH3 is 2. The lowest BCUT2D eigenvalue weighted by Gasteiger charge is -2.30. The van der Waals surface area contributed by atoms with Gasteiger partial charge in [-0.1, -0.05) is 13.8 Å². The monoisotopic (exact) mass is 276 g/mol. The highest BCUT2D eigenvalue weighted by atomic mass is 16.5. The Kier molecular flexibility index (Phi) is 11.5. The van der Waals surface area contributed by atoms with E-state index in [4.69, 9.17) is 9.47 Å². The van der Waals surface area contributed by atoms with Crippen LogP contribution in [0.5, 0.6) is 0 Å². The van der Waals surface area contributed by atoms with Crippen LogP contribution in [0.4, 0.5) is 0 Å². The van der Waals surface area contributed by atoms with Crippen molar-refractivity contribution < 1.29 is 14.6 Å². The van der Waals surface area contributed by atoms with Crippen LogP contribution in [0, 0.1) is 0 Å². The van der Waals surface area contributed by atoms with E-state index in [1.54, 1.807) is 14.2 Å². The second-order valence-corrected chi connectivity index (χ2v) is 5.32. The highest BCUT2D eigenvalue weighted by Crippen LogP contribution is 2.04. The molecule has 0 saturated carbocycles. The average molecular weight is 276 g/mol. The van der Waals surface area contributed by atoms with E-state index in [1.807, 2.05) is 0 Å². The summed E-state index contributed by atoms with van der Waals surface area (Å²) in [6.45, 7) is 9.77. The van der Waals surface area contributed by atoms with E-state index < -0.39 is 0 Å². The third kappa shape index (κ3) is 9.35. The van der Waals surface area contributed by atoms with E-state index >= 15 is 0 Å². The molecule has 0 radical (unpaired) electrons. The Morgan fingerprint density at radius 1 is 1.11 bits per heavy atom. The molecular formula is C14H32N2O3. The molecule has 0 heterocycles. The molecule has 0 aliphatic rings. The smallest absolute Gasteiger partial charge is 0.0615 e. The number of hydrogen-bond acceptors (Lipinski definition) is 5. The highest BCUT2D eigenvalue weighted by Gasteiger charge is 2.16. The van der Waals surface area contributed by atoms with Crippen molar-refractivity contribution in [1.29, 1.82) is 0 Å². The molecule has 0 aromatic heterocycles. The second-order valence-electron chi connectivity index (χ2n) is 5.32. The zero-order valence-electron chi connectivity index (χ0n) is 13.2. The van der Waals surface area contributed by atoms with Crippen LogP contribution >= 0.6 is 0 Å². The van der Waals surface area contributed by atoms with Crippen LogP contribution in [0.2, 0.25) is 0 Å². The van der Waals surface area contributed by atoms with Crippen molar-refractivity contribution in [1.82, 2.24) is 10.2 Å². The predicted molar refractivity (Wildman–Crippen MR) is 78.5 cm³/mol. The molecule has 0 aliphatic heterocycles. The van der Waals surface area contributed by atoms with E-state index in [9.17, 15) is 5.11 Å². The van der Waals surface area contributed by atoms with Crippen molar-refractivity contribution in [3.63, 3.8) is 0 Å². The predicted octanol–water partition coefficient (Wildman–Crippen LogP) is 0.719. The Bertz CT molecular complexity index is 203. The quantitative estimate of drug-likeness (QED) is 0.550. The van der Waals surface area contributed by atoms with Crippen molar-refractivity contribution in [2.45, 2.75) is 45.3 Å². The van der Waals surface area contributed by atoms with Gasteiger partial charge in [-0.2, -0.15) is 0 Å². The Balaban J connectivity index is 4.21. The summed E-state index contributed by atoms with van der Waals surface area (Å²) in [5.74, 6) is 0. The standard InChI is InChI=1S/C14H32N2O3/c1-12(2)15-14(10-17)6-7-16(8-9-18-4)13(3)11-19-5/h12-15,17H,6-11H2,1-5H3. The van der Waals surface area contributed by atoms with Gasteiger partial charge in [-0.3, -0.25) is 4.90 Å². The van der Waals surface area contributed by atoms with Crippen molar-refractivity contribution >= 4 is 0 Å².